The van der Waals surface area contributed by atoms with Gasteiger partial charge in [0, 0.05) is 71.7 Å². The summed E-state index contributed by atoms with van der Waals surface area (Å²) in [6, 6.07) is 4.56. The molecule has 2 saturated heterocycles. The number of amides is 2. The standard InChI is InChI=1S/C44H65F4N2O5PS/c1-7-28-25-33-30(26-35(28)55-39(53)49-21-15-31(16-22-49)50-20-8-10-37(50)52)24-29(38-32(33)14-19-42(6)34(38)11-12-36(42)51)13-18-40(2,3)27-41(4,5)57(54)23-9-17-43(45,46)44(47,48)56/h25-26,29,31-32,34,38H,7-24,27,56H2,1-6H3/t29-,32-,34+,38-,42+,57?/m1/s1. The number of fused-ring (bicyclic) bond motifs is 5. The molecule has 13 heteroatoms. The van der Waals surface area contributed by atoms with Crippen molar-refractivity contribution in [3.05, 3.63) is 28.8 Å². The molecule has 7 atom stereocenters. The number of hydrogen-bond donors (Lipinski definition) is 0. The van der Waals surface area contributed by atoms with Crippen molar-refractivity contribution in [3.8, 4) is 5.75 Å². The molecule has 4 fully saturated rings. The Labute approximate surface area is 342 Å². The monoisotopic (exact) mass is 840 g/mol. The maximum Gasteiger partial charge on any atom is 0.415 e. The Hall–Kier alpha value is -2.07. The van der Waals surface area contributed by atoms with Crippen LogP contribution in [0.25, 0.3) is 0 Å². The number of aryl methyl sites for hydroxylation is 1. The molecular weight excluding hydrogens is 776 g/mol. The number of nitrogens with zero attached hydrogens (tertiary/aromatic N) is 2. The van der Waals surface area contributed by atoms with Gasteiger partial charge in [-0.25, -0.2) is 4.79 Å². The van der Waals surface area contributed by atoms with Gasteiger partial charge < -0.3 is 14.5 Å². The predicted octanol–water partition coefficient (Wildman–Crippen LogP) is 10.1. The average Bonchev–Trinajstić information content (AvgIpc) is 3.70. The van der Waals surface area contributed by atoms with Gasteiger partial charge in [-0.15, -0.1) is 0 Å². The van der Waals surface area contributed by atoms with E-state index in [2.05, 4.69) is 39.8 Å². The van der Waals surface area contributed by atoms with E-state index in [1.807, 2.05) is 18.7 Å². The van der Waals surface area contributed by atoms with Crippen LogP contribution in [-0.2, 0) is 33.2 Å². The minimum Gasteiger partial charge on any atom is -0.410 e. The Morgan fingerprint density at radius 1 is 1.00 bits per heavy atom. The topological polar surface area (TPSA) is 84.0 Å². The number of ketones is 1. The fraction of sp³-hybridized carbons (Fsp3) is 0.795. The van der Waals surface area contributed by atoms with Gasteiger partial charge in [0.1, 0.15) is 11.5 Å². The third-order valence-electron chi connectivity index (χ3n) is 14.7. The number of benzene rings is 1. The Balaban J connectivity index is 1.16. The first-order valence-corrected chi connectivity index (χ1v) is 23.3. The zero-order valence-corrected chi connectivity index (χ0v) is 36.9. The second-order valence-electron chi connectivity index (χ2n) is 19.6. The summed E-state index contributed by atoms with van der Waals surface area (Å²) < 4.78 is 73.4. The number of carbonyl (C=O) groups is 3. The number of likely N-dealkylation sites (tertiary alicyclic amines) is 2. The molecule has 0 N–H and O–H groups in total. The lowest BCUT2D eigenvalue weighted by molar-refractivity contribution is -0.156. The van der Waals surface area contributed by atoms with Crippen molar-refractivity contribution in [2.45, 2.75) is 166 Å². The van der Waals surface area contributed by atoms with Crippen LogP contribution in [0.2, 0.25) is 0 Å². The molecule has 5 aliphatic rings. The van der Waals surface area contributed by atoms with E-state index >= 15 is 0 Å². The Bertz CT molecular complexity index is 1710. The van der Waals surface area contributed by atoms with Gasteiger partial charge in [-0.1, -0.05) is 43.0 Å². The molecule has 2 saturated carbocycles. The van der Waals surface area contributed by atoms with Crippen LogP contribution in [0.3, 0.4) is 0 Å². The van der Waals surface area contributed by atoms with Crippen LogP contribution in [0, 0.1) is 28.6 Å². The maximum atomic E-state index is 13.9. The summed E-state index contributed by atoms with van der Waals surface area (Å²) in [6.07, 6.45) is 8.53. The van der Waals surface area contributed by atoms with Crippen molar-refractivity contribution in [2.24, 2.45) is 28.6 Å². The minimum atomic E-state index is -4.20. The van der Waals surface area contributed by atoms with Gasteiger partial charge >= 0.3 is 17.7 Å². The predicted molar refractivity (Wildman–Crippen MR) is 219 cm³/mol. The molecule has 2 aliphatic heterocycles. The number of piperidine rings is 1. The molecule has 0 spiro atoms. The number of carbonyl (C=O) groups excluding carboxylic acids is 3. The number of rotatable bonds is 14. The largest absolute Gasteiger partial charge is 0.415 e. The van der Waals surface area contributed by atoms with Crippen LogP contribution >= 0.6 is 9.24 Å². The molecule has 0 bridgehead atoms. The van der Waals surface area contributed by atoms with Crippen molar-refractivity contribution < 1.29 is 40.9 Å². The van der Waals surface area contributed by atoms with E-state index in [1.54, 1.807) is 4.90 Å². The summed E-state index contributed by atoms with van der Waals surface area (Å²) >= 11 is 0. The lowest BCUT2D eigenvalue weighted by atomic mass is 9.52. The van der Waals surface area contributed by atoms with Crippen LogP contribution in [0.1, 0.15) is 148 Å². The zero-order chi connectivity index (χ0) is 41.7. The number of halogens is 4. The second kappa shape index (κ2) is 16.8. The highest BCUT2D eigenvalue weighted by Gasteiger charge is 2.57. The van der Waals surface area contributed by atoms with Crippen molar-refractivity contribution in [3.63, 3.8) is 0 Å². The summed E-state index contributed by atoms with van der Waals surface area (Å²) in [5.74, 6) is -1.83. The number of alkyl halides is 4. The van der Waals surface area contributed by atoms with Crippen molar-refractivity contribution in [1.29, 1.82) is 0 Å². The fourth-order valence-corrected chi connectivity index (χ4v) is 13.3. The highest BCUT2D eigenvalue weighted by atomic mass is 32.2. The molecule has 3 aliphatic carbocycles. The molecule has 6 rings (SSSR count). The number of Topliss-reactive ketones (excluding diaryl/α,β-unsaturated/α-hetero) is 1. The minimum absolute atomic E-state index is 0.0680. The first kappa shape index (κ1) is 44.5. The van der Waals surface area contributed by atoms with Gasteiger partial charge in [0.05, 0.1) is 0 Å². The molecule has 2 heterocycles. The van der Waals surface area contributed by atoms with Crippen molar-refractivity contribution in [1.82, 2.24) is 9.80 Å². The molecule has 57 heavy (non-hydrogen) atoms. The van der Waals surface area contributed by atoms with Crippen LogP contribution in [0.4, 0.5) is 22.4 Å². The van der Waals surface area contributed by atoms with E-state index in [0.29, 0.717) is 68.1 Å². The third-order valence-corrected chi connectivity index (χ3v) is 17.1. The fourth-order valence-electron chi connectivity index (χ4n) is 11.6. The van der Waals surface area contributed by atoms with Crippen molar-refractivity contribution in [2.75, 3.05) is 25.4 Å². The SMILES string of the molecule is CCc1cc2c(cc1OC(=O)N1CCC(N3CCCC3=O)CC1)C[C@@H](CCC(C)(C)CC(C)(C)S(=O)CCCC(F)(F)C(F)(F)P)[C@@H]1[C@@H]2CC[C@]2(C)C(=O)CC[C@@H]12. The molecule has 2 unspecified atom stereocenters. The average molecular weight is 841 g/mol. The van der Waals surface area contributed by atoms with Crippen LogP contribution in [-0.4, -0.2) is 79.6 Å². The quantitative estimate of drug-likeness (QED) is 0.138. The molecule has 7 nitrogen and oxygen atoms in total. The molecule has 320 valence electrons. The van der Waals surface area contributed by atoms with Crippen molar-refractivity contribution >= 4 is 37.8 Å². The molecular formula is C44H65F4N2O5PS. The van der Waals surface area contributed by atoms with Crippen LogP contribution in [0.15, 0.2) is 12.1 Å². The summed E-state index contributed by atoms with van der Waals surface area (Å²) in [5.41, 5.74) is -1.24. The van der Waals surface area contributed by atoms with Crippen LogP contribution in [0.5, 0.6) is 5.75 Å². The van der Waals surface area contributed by atoms with E-state index < -0.39 is 33.6 Å². The summed E-state index contributed by atoms with van der Waals surface area (Å²) in [7, 11) is -0.576. The molecule has 1 aromatic carbocycles. The Morgan fingerprint density at radius 3 is 2.33 bits per heavy atom. The highest BCUT2D eigenvalue weighted by Crippen LogP contribution is 2.62. The summed E-state index contributed by atoms with van der Waals surface area (Å²) in [5, 5.41) is 0. The Kier molecular flexibility index (Phi) is 13.1. The Morgan fingerprint density at radius 2 is 1.70 bits per heavy atom. The van der Waals surface area contributed by atoms with Gasteiger partial charge in [0.25, 0.3) is 0 Å². The molecule has 0 radical (unpaired) electrons. The first-order valence-electron chi connectivity index (χ1n) is 21.4. The lowest BCUT2D eigenvalue weighted by Gasteiger charge is -2.52. The summed E-state index contributed by atoms with van der Waals surface area (Å²) in [6.45, 7) is 14.2. The van der Waals surface area contributed by atoms with E-state index in [9.17, 15) is 36.2 Å². The van der Waals surface area contributed by atoms with E-state index in [1.165, 1.54) is 11.1 Å². The van der Waals surface area contributed by atoms with Gasteiger partial charge in [0.15, 0.2) is 0 Å². The second-order valence-corrected chi connectivity index (χ2v) is 22.5. The van der Waals surface area contributed by atoms with Gasteiger partial charge in [-0.2, -0.15) is 17.6 Å². The van der Waals surface area contributed by atoms with Gasteiger partial charge in [0.2, 0.25) is 5.91 Å². The van der Waals surface area contributed by atoms with Crippen LogP contribution < -0.4 is 4.74 Å². The maximum absolute atomic E-state index is 13.9. The lowest BCUT2D eigenvalue weighted by Crippen LogP contribution is -2.48. The van der Waals surface area contributed by atoms with E-state index in [-0.39, 0.29) is 47.0 Å². The van der Waals surface area contributed by atoms with E-state index in [4.69, 9.17) is 4.74 Å². The normalized spacial score (nSPS) is 28.0. The molecule has 0 aromatic heterocycles. The number of hydrogen-bond acceptors (Lipinski definition) is 5. The smallest absolute Gasteiger partial charge is 0.410 e. The molecule has 2 amide bonds. The third kappa shape index (κ3) is 9.32. The zero-order valence-electron chi connectivity index (χ0n) is 34.9. The summed E-state index contributed by atoms with van der Waals surface area (Å²) in [4.78, 5) is 43.0. The number of ether oxygens (including phenoxy) is 1. The van der Waals surface area contributed by atoms with E-state index in [0.717, 1.165) is 79.1 Å². The molecule has 1 aromatic rings. The first-order chi connectivity index (χ1) is 26.6. The van der Waals surface area contributed by atoms with Gasteiger partial charge in [-0.05, 0) is 143 Å². The van der Waals surface area contributed by atoms with Gasteiger partial charge in [-0.3, -0.25) is 13.8 Å². The highest BCUT2D eigenvalue weighted by molar-refractivity contribution is 7.86.